The predicted molar refractivity (Wildman–Crippen MR) is 97.9 cm³/mol. The summed E-state index contributed by atoms with van der Waals surface area (Å²) in [6, 6.07) is 12.8. The highest BCUT2D eigenvalue weighted by molar-refractivity contribution is 7.99. The standard InChI is InChI=1S/C19H17N3O3S/c1-13-7-8-16(25-13)14-11-15(17-5-4-10-24-17)22(21-14)19(23)12-26-18-6-2-3-9-20-18/h2-10,15H,11-12H2,1H3. The van der Waals surface area contributed by atoms with Crippen molar-refractivity contribution in [2.45, 2.75) is 24.4 Å². The first-order valence-corrected chi connectivity index (χ1v) is 9.23. The quantitative estimate of drug-likeness (QED) is 0.636. The lowest BCUT2D eigenvalue weighted by molar-refractivity contribution is -0.130. The van der Waals surface area contributed by atoms with E-state index >= 15 is 0 Å². The van der Waals surface area contributed by atoms with Gasteiger partial charge in [0.2, 0.25) is 0 Å². The van der Waals surface area contributed by atoms with Crippen LogP contribution in [0.1, 0.15) is 29.7 Å². The molecule has 4 heterocycles. The van der Waals surface area contributed by atoms with E-state index in [1.54, 1.807) is 12.5 Å². The lowest BCUT2D eigenvalue weighted by Crippen LogP contribution is -2.28. The SMILES string of the molecule is Cc1ccc(C2=NN(C(=O)CSc3ccccn3)C(c3ccco3)C2)o1. The molecule has 0 radical (unpaired) electrons. The van der Waals surface area contributed by atoms with Gasteiger partial charge in [-0.25, -0.2) is 9.99 Å². The van der Waals surface area contributed by atoms with Crippen LogP contribution in [-0.4, -0.2) is 27.4 Å². The van der Waals surface area contributed by atoms with E-state index in [1.165, 1.54) is 16.8 Å². The lowest BCUT2D eigenvalue weighted by Gasteiger charge is -2.19. The van der Waals surface area contributed by atoms with Gasteiger partial charge >= 0.3 is 0 Å². The van der Waals surface area contributed by atoms with Gasteiger partial charge in [-0.15, -0.1) is 0 Å². The van der Waals surface area contributed by atoms with E-state index in [1.807, 2.05) is 49.4 Å². The van der Waals surface area contributed by atoms with Gasteiger partial charge in [0.25, 0.3) is 5.91 Å². The minimum Gasteiger partial charge on any atom is -0.467 e. The van der Waals surface area contributed by atoms with Gasteiger partial charge in [-0.2, -0.15) is 5.10 Å². The van der Waals surface area contributed by atoms with Crippen LogP contribution < -0.4 is 0 Å². The highest BCUT2D eigenvalue weighted by Gasteiger charge is 2.35. The Morgan fingerprint density at radius 3 is 2.88 bits per heavy atom. The van der Waals surface area contributed by atoms with Gasteiger partial charge in [-0.1, -0.05) is 17.8 Å². The topological polar surface area (TPSA) is 71.8 Å². The van der Waals surface area contributed by atoms with Crippen LogP contribution in [0.3, 0.4) is 0 Å². The van der Waals surface area contributed by atoms with Gasteiger partial charge in [0.1, 0.15) is 29.0 Å². The Hall–Kier alpha value is -2.80. The molecule has 6 nitrogen and oxygen atoms in total. The Morgan fingerprint density at radius 1 is 1.27 bits per heavy atom. The molecule has 0 aromatic carbocycles. The maximum absolute atomic E-state index is 12.8. The normalized spacial score (nSPS) is 16.7. The Bertz CT molecular complexity index is 919. The molecule has 3 aromatic heterocycles. The van der Waals surface area contributed by atoms with Crippen molar-refractivity contribution in [2.75, 3.05) is 5.75 Å². The Kier molecular flexibility index (Phi) is 4.62. The summed E-state index contributed by atoms with van der Waals surface area (Å²) in [6.07, 6.45) is 3.87. The molecule has 0 fully saturated rings. The van der Waals surface area contributed by atoms with Gasteiger partial charge in [0.05, 0.1) is 17.0 Å². The molecule has 1 atom stereocenters. The zero-order valence-corrected chi connectivity index (χ0v) is 15.0. The maximum Gasteiger partial charge on any atom is 0.253 e. The third kappa shape index (κ3) is 3.43. The van der Waals surface area contributed by atoms with E-state index in [4.69, 9.17) is 8.83 Å². The average Bonchev–Trinajstić information content (AvgIpc) is 3.40. The number of pyridine rings is 1. The van der Waals surface area contributed by atoms with E-state index in [0.29, 0.717) is 17.9 Å². The van der Waals surface area contributed by atoms with E-state index < -0.39 is 0 Å². The van der Waals surface area contributed by atoms with Crippen molar-refractivity contribution in [3.8, 4) is 0 Å². The molecule has 0 aliphatic carbocycles. The number of carbonyl (C=O) groups is 1. The van der Waals surface area contributed by atoms with Crippen molar-refractivity contribution in [3.05, 3.63) is 72.2 Å². The lowest BCUT2D eigenvalue weighted by atomic mass is 10.1. The zero-order valence-electron chi connectivity index (χ0n) is 14.2. The van der Waals surface area contributed by atoms with Crippen LogP contribution >= 0.6 is 11.8 Å². The number of hydrazone groups is 1. The molecule has 1 unspecified atom stereocenters. The summed E-state index contributed by atoms with van der Waals surface area (Å²) in [4.78, 5) is 17.0. The molecule has 132 valence electrons. The second-order valence-corrected chi connectivity index (χ2v) is 6.88. The van der Waals surface area contributed by atoms with Crippen LogP contribution in [0.5, 0.6) is 0 Å². The van der Waals surface area contributed by atoms with Crippen LogP contribution in [-0.2, 0) is 4.79 Å². The minimum atomic E-state index is -0.262. The molecule has 3 aromatic rings. The van der Waals surface area contributed by atoms with E-state index in [9.17, 15) is 4.79 Å². The molecule has 0 N–H and O–H groups in total. The summed E-state index contributed by atoms with van der Waals surface area (Å²) in [5.41, 5.74) is 0.746. The fourth-order valence-electron chi connectivity index (χ4n) is 2.82. The van der Waals surface area contributed by atoms with Crippen LogP contribution in [0.2, 0.25) is 0 Å². The zero-order chi connectivity index (χ0) is 17.9. The van der Waals surface area contributed by atoms with Gasteiger partial charge in [-0.05, 0) is 43.3 Å². The Labute approximate surface area is 154 Å². The average molecular weight is 367 g/mol. The third-order valence-corrected chi connectivity index (χ3v) is 4.97. The number of furan rings is 2. The predicted octanol–water partition coefficient (Wildman–Crippen LogP) is 4.05. The van der Waals surface area contributed by atoms with Gasteiger partial charge in [-0.3, -0.25) is 4.79 Å². The fraction of sp³-hybridized carbons (Fsp3) is 0.211. The number of amides is 1. The summed E-state index contributed by atoms with van der Waals surface area (Å²) < 4.78 is 11.2. The summed E-state index contributed by atoms with van der Waals surface area (Å²) in [7, 11) is 0. The number of nitrogens with zero attached hydrogens (tertiary/aromatic N) is 3. The molecule has 4 rings (SSSR count). The number of hydrogen-bond donors (Lipinski definition) is 0. The van der Waals surface area contributed by atoms with E-state index in [-0.39, 0.29) is 17.7 Å². The number of aryl methyl sites for hydroxylation is 1. The largest absolute Gasteiger partial charge is 0.467 e. The summed E-state index contributed by atoms with van der Waals surface area (Å²) in [6.45, 7) is 1.88. The highest BCUT2D eigenvalue weighted by Crippen LogP contribution is 2.34. The third-order valence-electron chi connectivity index (χ3n) is 4.04. The second kappa shape index (κ2) is 7.21. The van der Waals surface area contributed by atoms with Crippen LogP contribution in [0.15, 0.2) is 73.9 Å². The molecule has 1 aliphatic heterocycles. The molecule has 0 saturated carbocycles. The first-order chi connectivity index (χ1) is 12.7. The van der Waals surface area contributed by atoms with Gasteiger partial charge in [0, 0.05) is 12.6 Å². The summed E-state index contributed by atoms with van der Waals surface area (Å²) in [5, 5.41) is 6.84. The van der Waals surface area contributed by atoms with Crippen molar-refractivity contribution >= 4 is 23.4 Å². The second-order valence-electron chi connectivity index (χ2n) is 5.89. The van der Waals surface area contributed by atoms with Crippen molar-refractivity contribution < 1.29 is 13.6 Å². The summed E-state index contributed by atoms with van der Waals surface area (Å²) in [5.74, 6) is 2.37. The van der Waals surface area contributed by atoms with Crippen molar-refractivity contribution in [1.82, 2.24) is 9.99 Å². The maximum atomic E-state index is 12.8. The first-order valence-electron chi connectivity index (χ1n) is 8.24. The first kappa shape index (κ1) is 16.7. The molecular weight excluding hydrogens is 350 g/mol. The fourth-order valence-corrected chi connectivity index (χ4v) is 3.53. The van der Waals surface area contributed by atoms with Crippen molar-refractivity contribution in [1.29, 1.82) is 0 Å². The molecular formula is C19H17N3O3S. The molecule has 0 spiro atoms. The number of rotatable bonds is 5. The van der Waals surface area contributed by atoms with Gasteiger partial charge < -0.3 is 8.83 Å². The minimum absolute atomic E-state index is 0.0969. The van der Waals surface area contributed by atoms with Gasteiger partial charge in [0.15, 0.2) is 0 Å². The van der Waals surface area contributed by atoms with E-state index in [2.05, 4.69) is 10.1 Å². The number of hydrogen-bond acceptors (Lipinski definition) is 6. The molecule has 26 heavy (non-hydrogen) atoms. The molecule has 1 amide bonds. The molecule has 1 aliphatic rings. The van der Waals surface area contributed by atoms with Crippen LogP contribution in [0, 0.1) is 6.92 Å². The highest BCUT2D eigenvalue weighted by atomic mass is 32.2. The molecule has 0 saturated heterocycles. The van der Waals surface area contributed by atoms with Crippen LogP contribution in [0.25, 0.3) is 0 Å². The Morgan fingerprint density at radius 2 is 2.19 bits per heavy atom. The summed E-state index contributed by atoms with van der Waals surface area (Å²) >= 11 is 1.39. The van der Waals surface area contributed by atoms with Crippen LogP contribution in [0.4, 0.5) is 0 Å². The van der Waals surface area contributed by atoms with Crippen molar-refractivity contribution in [3.63, 3.8) is 0 Å². The number of carbonyl (C=O) groups excluding carboxylic acids is 1. The van der Waals surface area contributed by atoms with Crippen molar-refractivity contribution in [2.24, 2.45) is 5.10 Å². The van der Waals surface area contributed by atoms with E-state index in [0.717, 1.165) is 16.5 Å². The smallest absolute Gasteiger partial charge is 0.253 e. The Balaban J connectivity index is 1.55. The molecule has 0 bridgehead atoms. The monoisotopic (exact) mass is 367 g/mol. The number of aromatic nitrogens is 1. The molecule has 7 heteroatoms. The number of thioether (sulfide) groups is 1.